The number of carbonyl (C=O) groups is 1. The summed E-state index contributed by atoms with van der Waals surface area (Å²) in [6.45, 7) is 3.82. The third-order valence-corrected chi connectivity index (χ3v) is 6.50. The van der Waals surface area contributed by atoms with Gasteiger partial charge in [-0.3, -0.25) is 14.0 Å². The zero-order chi connectivity index (χ0) is 22.2. The lowest BCUT2D eigenvalue weighted by Crippen LogP contribution is -2.22. The molecule has 158 valence electrons. The molecule has 6 nitrogen and oxygen atoms in total. The highest BCUT2D eigenvalue weighted by atomic mass is 32.2. The van der Waals surface area contributed by atoms with Gasteiger partial charge in [-0.15, -0.1) is 10.2 Å². The summed E-state index contributed by atoms with van der Waals surface area (Å²) in [6.07, 6.45) is 0. The third kappa shape index (κ3) is 3.31. The molecule has 0 aliphatic heterocycles. The number of fused-ring (bicyclic) bond motifs is 3. The van der Waals surface area contributed by atoms with Crippen LogP contribution in [0.5, 0.6) is 0 Å². The Bertz CT molecular complexity index is 1520. The lowest BCUT2D eigenvalue weighted by molar-refractivity contribution is 0.0994. The molecule has 0 saturated heterocycles. The Labute approximate surface area is 188 Å². The first-order valence-corrected chi connectivity index (χ1v) is 11.1. The molecule has 2 heterocycles. The number of thioether (sulfide) groups is 1. The predicted octanol–water partition coefficient (Wildman–Crippen LogP) is 4.71. The molecule has 0 saturated carbocycles. The summed E-state index contributed by atoms with van der Waals surface area (Å²) < 4.78 is 3.46. The first-order chi connectivity index (χ1) is 15.6. The molecule has 0 radical (unpaired) electrons. The van der Waals surface area contributed by atoms with Crippen LogP contribution in [0.1, 0.15) is 22.8 Å². The number of aromatic nitrogens is 4. The van der Waals surface area contributed by atoms with E-state index in [1.54, 1.807) is 10.6 Å². The molecule has 7 heteroatoms. The molecule has 0 fully saturated rings. The number of hydrogen-bond donors (Lipinski definition) is 0. The Morgan fingerprint density at radius 1 is 0.906 bits per heavy atom. The summed E-state index contributed by atoms with van der Waals surface area (Å²) in [5, 5.41) is 9.51. The van der Waals surface area contributed by atoms with Gasteiger partial charge < -0.3 is 0 Å². The fourth-order valence-corrected chi connectivity index (χ4v) is 4.77. The number of hydrogen-bond acceptors (Lipinski definition) is 5. The zero-order valence-electron chi connectivity index (χ0n) is 17.6. The summed E-state index contributed by atoms with van der Waals surface area (Å²) >= 11 is 1.34. The average molecular weight is 441 g/mol. The second-order valence-corrected chi connectivity index (χ2v) is 8.86. The van der Waals surface area contributed by atoms with E-state index in [1.807, 2.05) is 91.0 Å². The van der Waals surface area contributed by atoms with Crippen LogP contribution in [0.15, 0.2) is 88.8 Å². The van der Waals surface area contributed by atoms with E-state index in [9.17, 15) is 9.59 Å². The lowest BCUT2D eigenvalue weighted by atomic mass is 10.1. The molecule has 1 atom stereocenters. The van der Waals surface area contributed by atoms with Crippen LogP contribution in [-0.2, 0) is 0 Å². The Kier molecular flexibility index (Phi) is 5.11. The normalized spacial score (nSPS) is 12.3. The van der Waals surface area contributed by atoms with Crippen LogP contribution in [0.25, 0.3) is 22.4 Å². The van der Waals surface area contributed by atoms with Gasteiger partial charge in [-0.2, -0.15) is 0 Å². The quantitative estimate of drug-likeness (QED) is 0.293. The van der Waals surface area contributed by atoms with Gasteiger partial charge >= 0.3 is 0 Å². The van der Waals surface area contributed by atoms with Gasteiger partial charge in [0, 0.05) is 5.56 Å². The summed E-state index contributed by atoms with van der Waals surface area (Å²) in [6, 6.07) is 24.3. The second kappa shape index (κ2) is 8.09. The molecule has 1 unspecified atom stereocenters. The molecule has 0 aliphatic carbocycles. The van der Waals surface area contributed by atoms with Crippen molar-refractivity contribution in [3.8, 4) is 5.69 Å². The minimum absolute atomic E-state index is 0.0175. The number of aryl methyl sites for hydroxylation is 1. The average Bonchev–Trinajstić information content (AvgIpc) is 3.23. The van der Waals surface area contributed by atoms with Crippen molar-refractivity contribution in [2.24, 2.45) is 0 Å². The Balaban J connectivity index is 1.70. The van der Waals surface area contributed by atoms with Crippen molar-refractivity contribution in [3.63, 3.8) is 0 Å². The van der Waals surface area contributed by atoms with Crippen molar-refractivity contribution >= 4 is 34.2 Å². The number of nitrogens with zero attached hydrogens (tertiary/aromatic N) is 4. The lowest BCUT2D eigenvalue weighted by Gasteiger charge is -2.14. The molecule has 5 rings (SSSR count). The van der Waals surface area contributed by atoms with Gasteiger partial charge in [-0.25, -0.2) is 4.57 Å². The van der Waals surface area contributed by atoms with Crippen LogP contribution >= 0.6 is 11.8 Å². The molecule has 0 spiro atoms. The summed E-state index contributed by atoms with van der Waals surface area (Å²) in [5.41, 5.74) is 2.93. The molecule has 0 N–H and O–H groups in total. The van der Waals surface area contributed by atoms with E-state index in [0.29, 0.717) is 27.4 Å². The van der Waals surface area contributed by atoms with E-state index >= 15 is 0 Å². The monoisotopic (exact) mass is 440 g/mol. The van der Waals surface area contributed by atoms with Gasteiger partial charge in [0.05, 0.1) is 21.8 Å². The molecule has 0 amide bonds. The smallest absolute Gasteiger partial charge is 0.267 e. The second-order valence-electron chi connectivity index (χ2n) is 7.55. The highest BCUT2D eigenvalue weighted by Gasteiger charge is 2.23. The maximum absolute atomic E-state index is 13.4. The van der Waals surface area contributed by atoms with Crippen LogP contribution in [0.3, 0.4) is 0 Å². The molecule has 2 aromatic heterocycles. The Morgan fingerprint density at radius 2 is 1.59 bits per heavy atom. The number of rotatable bonds is 5. The number of ketones is 1. The Morgan fingerprint density at radius 3 is 2.38 bits per heavy atom. The van der Waals surface area contributed by atoms with Crippen LogP contribution in [0.2, 0.25) is 0 Å². The first kappa shape index (κ1) is 20.2. The molecule has 0 bridgehead atoms. The van der Waals surface area contributed by atoms with Crippen molar-refractivity contribution in [2.75, 3.05) is 0 Å². The molecule has 32 heavy (non-hydrogen) atoms. The summed E-state index contributed by atoms with van der Waals surface area (Å²) in [4.78, 5) is 26.4. The summed E-state index contributed by atoms with van der Waals surface area (Å²) in [7, 11) is 0. The maximum Gasteiger partial charge on any atom is 0.267 e. The van der Waals surface area contributed by atoms with Gasteiger partial charge in [0.2, 0.25) is 5.78 Å². The van der Waals surface area contributed by atoms with Gasteiger partial charge in [-0.05, 0) is 37.6 Å². The van der Waals surface area contributed by atoms with E-state index in [-0.39, 0.29) is 16.6 Å². The zero-order valence-corrected chi connectivity index (χ0v) is 18.4. The fourth-order valence-electron chi connectivity index (χ4n) is 3.84. The van der Waals surface area contributed by atoms with Gasteiger partial charge in [0.25, 0.3) is 5.56 Å². The predicted molar refractivity (Wildman–Crippen MR) is 127 cm³/mol. The largest absolute Gasteiger partial charge is 0.293 e. The number of benzene rings is 3. The topological polar surface area (TPSA) is 69.3 Å². The van der Waals surface area contributed by atoms with Crippen molar-refractivity contribution in [2.45, 2.75) is 24.3 Å². The maximum atomic E-state index is 13.4. The molecule has 3 aromatic carbocycles. The first-order valence-electron chi connectivity index (χ1n) is 10.3. The fraction of sp³-hybridized carbons (Fsp3) is 0.120. The van der Waals surface area contributed by atoms with Gasteiger partial charge in [-0.1, -0.05) is 72.4 Å². The minimum Gasteiger partial charge on any atom is -0.293 e. The standard InChI is InChI=1S/C25H20N4O2S/c1-16-10-6-8-14-20(16)28-23(31)19-13-7-9-15-21(19)29-24(28)26-27-25(29)32-17(2)22(30)18-11-4-3-5-12-18/h3-15,17H,1-2H3. The van der Waals surface area contributed by atoms with Crippen LogP contribution in [0.4, 0.5) is 0 Å². The number of Topliss-reactive ketones (excluding diaryl/α,β-unsaturated/α-hetero) is 1. The molecule has 5 aromatic rings. The molecular weight excluding hydrogens is 420 g/mol. The van der Waals surface area contributed by atoms with E-state index in [4.69, 9.17) is 0 Å². The minimum atomic E-state index is -0.373. The third-order valence-electron chi connectivity index (χ3n) is 5.46. The van der Waals surface area contributed by atoms with E-state index in [0.717, 1.165) is 11.3 Å². The highest BCUT2D eigenvalue weighted by molar-refractivity contribution is 8.00. The SMILES string of the molecule is Cc1ccccc1-n1c(=O)c2ccccc2n2c(SC(C)C(=O)c3ccccc3)nnc12. The van der Waals surface area contributed by atoms with E-state index < -0.39 is 0 Å². The van der Waals surface area contributed by atoms with E-state index in [1.165, 1.54) is 11.8 Å². The molecule has 0 aliphatic rings. The highest BCUT2D eigenvalue weighted by Crippen LogP contribution is 2.28. The van der Waals surface area contributed by atoms with Crippen molar-refractivity contribution in [1.29, 1.82) is 0 Å². The summed E-state index contributed by atoms with van der Waals surface area (Å²) in [5.74, 6) is 0.439. The number of para-hydroxylation sites is 2. The van der Waals surface area contributed by atoms with Gasteiger partial charge in [0.1, 0.15) is 0 Å². The molecular formula is C25H20N4O2S. The van der Waals surface area contributed by atoms with Crippen molar-refractivity contribution in [3.05, 3.63) is 100 Å². The van der Waals surface area contributed by atoms with Crippen LogP contribution in [-0.4, -0.2) is 30.2 Å². The van der Waals surface area contributed by atoms with Crippen LogP contribution < -0.4 is 5.56 Å². The van der Waals surface area contributed by atoms with Crippen molar-refractivity contribution < 1.29 is 4.79 Å². The Hall–Kier alpha value is -3.71. The number of carbonyl (C=O) groups excluding carboxylic acids is 1. The van der Waals surface area contributed by atoms with E-state index in [2.05, 4.69) is 10.2 Å². The van der Waals surface area contributed by atoms with Crippen LogP contribution in [0, 0.1) is 6.92 Å². The van der Waals surface area contributed by atoms with Crippen molar-refractivity contribution in [1.82, 2.24) is 19.2 Å². The van der Waals surface area contributed by atoms with Gasteiger partial charge in [0.15, 0.2) is 10.9 Å².